The Morgan fingerprint density at radius 2 is 2.15 bits per heavy atom. The average molecular weight is 290 g/mol. The number of rotatable bonds is 3. The number of anilines is 2. The monoisotopic (exact) mass is 289 g/mol. The normalized spacial score (nSPS) is 17.4. The molecule has 1 aromatic carbocycles. The minimum atomic E-state index is 0.355. The number of halogens is 1. The molecule has 1 unspecified atom stereocenters. The van der Waals surface area contributed by atoms with E-state index in [4.69, 9.17) is 16.3 Å². The van der Waals surface area contributed by atoms with Gasteiger partial charge in [0.2, 0.25) is 0 Å². The maximum atomic E-state index is 6.11. The molecule has 3 rings (SSSR count). The Morgan fingerprint density at radius 1 is 1.35 bits per heavy atom. The van der Waals surface area contributed by atoms with Gasteiger partial charge in [0.1, 0.15) is 17.6 Å². The quantitative estimate of drug-likeness (QED) is 0.812. The molecule has 0 aliphatic carbocycles. The third-order valence-electron chi connectivity index (χ3n) is 3.46. The van der Waals surface area contributed by atoms with Crippen LogP contribution in [0.5, 0.6) is 0 Å². The van der Waals surface area contributed by atoms with E-state index in [9.17, 15) is 0 Å². The molecule has 4 nitrogen and oxygen atoms in total. The summed E-state index contributed by atoms with van der Waals surface area (Å²) in [6.07, 6.45) is 1.01. The van der Waals surface area contributed by atoms with Crippen LogP contribution >= 0.6 is 11.6 Å². The van der Waals surface area contributed by atoms with E-state index in [-0.39, 0.29) is 0 Å². The predicted molar refractivity (Wildman–Crippen MR) is 79.5 cm³/mol. The molecule has 104 valence electrons. The SMILES string of the molecule is COCc1nc(Cl)cc(N2c3ccccc3CC2C)n1. The zero-order chi connectivity index (χ0) is 14.1. The zero-order valence-electron chi connectivity index (χ0n) is 11.5. The van der Waals surface area contributed by atoms with Gasteiger partial charge in [-0.1, -0.05) is 29.8 Å². The first-order valence-electron chi connectivity index (χ1n) is 6.58. The number of benzene rings is 1. The van der Waals surface area contributed by atoms with Crippen LogP contribution in [0.2, 0.25) is 5.15 Å². The average Bonchev–Trinajstić information content (AvgIpc) is 2.74. The van der Waals surface area contributed by atoms with Crippen molar-refractivity contribution in [2.45, 2.75) is 26.0 Å². The summed E-state index contributed by atoms with van der Waals surface area (Å²) in [5, 5.41) is 0.443. The van der Waals surface area contributed by atoms with Gasteiger partial charge in [-0.25, -0.2) is 9.97 Å². The lowest BCUT2D eigenvalue weighted by Crippen LogP contribution is -2.25. The highest BCUT2D eigenvalue weighted by molar-refractivity contribution is 6.29. The van der Waals surface area contributed by atoms with Gasteiger partial charge in [0.05, 0.1) is 0 Å². The molecule has 1 aromatic heterocycles. The van der Waals surface area contributed by atoms with Crippen LogP contribution in [0.25, 0.3) is 0 Å². The second kappa shape index (κ2) is 5.38. The number of para-hydroxylation sites is 1. The molecular weight excluding hydrogens is 274 g/mol. The van der Waals surface area contributed by atoms with E-state index in [2.05, 4.69) is 40.0 Å². The number of methoxy groups -OCH3 is 1. The molecule has 0 radical (unpaired) electrons. The van der Waals surface area contributed by atoms with Gasteiger partial charge in [-0.2, -0.15) is 0 Å². The highest BCUT2D eigenvalue weighted by atomic mass is 35.5. The van der Waals surface area contributed by atoms with E-state index in [0.29, 0.717) is 23.6 Å². The first kappa shape index (κ1) is 13.3. The Labute approximate surface area is 123 Å². The molecule has 2 aromatic rings. The fourth-order valence-electron chi connectivity index (χ4n) is 2.68. The van der Waals surface area contributed by atoms with E-state index in [0.717, 1.165) is 12.2 Å². The van der Waals surface area contributed by atoms with Crippen molar-refractivity contribution in [3.05, 3.63) is 46.9 Å². The van der Waals surface area contributed by atoms with Crippen molar-refractivity contribution >= 4 is 23.1 Å². The molecule has 1 aliphatic rings. The molecule has 1 atom stereocenters. The van der Waals surface area contributed by atoms with Gasteiger partial charge < -0.3 is 9.64 Å². The molecule has 5 heteroatoms. The van der Waals surface area contributed by atoms with Gasteiger partial charge >= 0.3 is 0 Å². The number of hydrogen-bond acceptors (Lipinski definition) is 4. The van der Waals surface area contributed by atoms with Crippen molar-refractivity contribution in [2.75, 3.05) is 12.0 Å². The summed E-state index contributed by atoms with van der Waals surface area (Å²) in [7, 11) is 1.62. The molecule has 0 N–H and O–H groups in total. The zero-order valence-corrected chi connectivity index (χ0v) is 12.3. The number of nitrogens with zero attached hydrogens (tertiary/aromatic N) is 3. The van der Waals surface area contributed by atoms with E-state index in [1.54, 1.807) is 13.2 Å². The maximum Gasteiger partial charge on any atom is 0.158 e. The van der Waals surface area contributed by atoms with E-state index in [1.807, 2.05) is 6.07 Å². The van der Waals surface area contributed by atoms with Crippen LogP contribution in [0.4, 0.5) is 11.5 Å². The molecule has 0 saturated carbocycles. The first-order valence-corrected chi connectivity index (χ1v) is 6.96. The smallest absolute Gasteiger partial charge is 0.158 e. The van der Waals surface area contributed by atoms with Crippen LogP contribution in [0.15, 0.2) is 30.3 Å². The van der Waals surface area contributed by atoms with Crippen LogP contribution in [0.3, 0.4) is 0 Å². The summed E-state index contributed by atoms with van der Waals surface area (Å²) >= 11 is 6.11. The van der Waals surface area contributed by atoms with E-state index in [1.165, 1.54) is 11.3 Å². The number of ether oxygens (including phenoxy) is 1. The molecule has 0 amide bonds. The summed E-state index contributed by atoms with van der Waals surface area (Å²) in [6.45, 7) is 2.55. The summed E-state index contributed by atoms with van der Waals surface area (Å²) in [6, 6.07) is 10.5. The second-order valence-electron chi connectivity index (χ2n) is 4.95. The topological polar surface area (TPSA) is 38.2 Å². The van der Waals surface area contributed by atoms with E-state index < -0.39 is 0 Å². The van der Waals surface area contributed by atoms with Gasteiger partial charge in [-0.15, -0.1) is 0 Å². The van der Waals surface area contributed by atoms with Gasteiger partial charge in [-0.3, -0.25) is 0 Å². The van der Waals surface area contributed by atoms with Crippen LogP contribution < -0.4 is 4.90 Å². The Hall–Kier alpha value is -1.65. The lowest BCUT2D eigenvalue weighted by Gasteiger charge is -2.24. The molecule has 0 spiro atoms. The third-order valence-corrected chi connectivity index (χ3v) is 3.65. The fraction of sp³-hybridized carbons (Fsp3) is 0.333. The largest absolute Gasteiger partial charge is 0.377 e. The highest BCUT2D eigenvalue weighted by Gasteiger charge is 2.28. The predicted octanol–water partition coefficient (Wildman–Crippen LogP) is 3.36. The van der Waals surface area contributed by atoms with Gasteiger partial charge in [0.15, 0.2) is 5.82 Å². The Balaban J connectivity index is 2.04. The van der Waals surface area contributed by atoms with Crippen LogP contribution in [0.1, 0.15) is 18.3 Å². The van der Waals surface area contributed by atoms with E-state index >= 15 is 0 Å². The van der Waals surface area contributed by atoms with Crippen LogP contribution in [0, 0.1) is 0 Å². The number of hydrogen-bond donors (Lipinski definition) is 0. The fourth-order valence-corrected chi connectivity index (χ4v) is 2.88. The molecule has 1 aliphatic heterocycles. The van der Waals surface area contributed by atoms with Crippen molar-refractivity contribution in [1.82, 2.24) is 9.97 Å². The molecule has 0 saturated heterocycles. The molecular formula is C15H16ClN3O. The van der Waals surface area contributed by atoms with Crippen molar-refractivity contribution in [2.24, 2.45) is 0 Å². The molecule has 0 bridgehead atoms. The Bertz CT molecular complexity index is 632. The lowest BCUT2D eigenvalue weighted by molar-refractivity contribution is 0.178. The van der Waals surface area contributed by atoms with Crippen molar-refractivity contribution < 1.29 is 4.74 Å². The van der Waals surface area contributed by atoms with Gasteiger partial charge in [-0.05, 0) is 25.0 Å². The minimum Gasteiger partial charge on any atom is -0.377 e. The molecule has 0 fully saturated rings. The number of aromatic nitrogens is 2. The Morgan fingerprint density at radius 3 is 2.95 bits per heavy atom. The van der Waals surface area contributed by atoms with Crippen molar-refractivity contribution in [3.8, 4) is 0 Å². The molecule has 2 heterocycles. The highest BCUT2D eigenvalue weighted by Crippen LogP contribution is 2.37. The van der Waals surface area contributed by atoms with Gasteiger partial charge in [0.25, 0.3) is 0 Å². The summed E-state index contributed by atoms with van der Waals surface area (Å²) in [4.78, 5) is 10.9. The summed E-state index contributed by atoms with van der Waals surface area (Å²) < 4.78 is 5.09. The maximum absolute atomic E-state index is 6.11. The second-order valence-corrected chi connectivity index (χ2v) is 5.34. The first-order chi connectivity index (χ1) is 9.69. The van der Waals surface area contributed by atoms with Crippen molar-refractivity contribution in [1.29, 1.82) is 0 Å². The summed E-state index contributed by atoms with van der Waals surface area (Å²) in [5.74, 6) is 1.43. The van der Waals surface area contributed by atoms with Gasteiger partial charge in [0, 0.05) is 24.9 Å². The minimum absolute atomic E-state index is 0.355. The van der Waals surface area contributed by atoms with Crippen LogP contribution in [-0.2, 0) is 17.8 Å². The third kappa shape index (κ3) is 2.37. The van der Waals surface area contributed by atoms with Crippen molar-refractivity contribution in [3.63, 3.8) is 0 Å². The number of fused-ring (bicyclic) bond motifs is 1. The molecule has 20 heavy (non-hydrogen) atoms. The standard InChI is InChI=1S/C15H16ClN3O/c1-10-7-11-5-3-4-6-12(11)19(10)15-8-13(16)17-14(18-15)9-20-2/h3-6,8,10H,7,9H2,1-2H3. The Kier molecular flexibility index (Phi) is 3.59. The van der Waals surface area contributed by atoms with Crippen LogP contribution in [-0.4, -0.2) is 23.1 Å². The lowest BCUT2D eigenvalue weighted by atomic mass is 10.1. The summed E-state index contributed by atoms with van der Waals surface area (Å²) in [5.41, 5.74) is 2.53.